The van der Waals surface area contributed by atoms with Gasteiger partial charge in [0.1, 0.15) is 17.5 Å². The zero-order valence-corrected chi connectivity index (χ0v) is 17.8. The molecule has 6 nitrogen and oxygen atoms in total. The predicted molar refractivity (Wildman–Crippen MR) is 114 cm³/mol. The molecule has 30 heavy (non-hydrogen) atoms. The van der Waals surface area contributed by atoms with Gasteiger partial charge in [0, 0.05) is 13.0 Å². The molecule has 0 heterocycles. The molecule has 0 saturated carbocycles. The maximum Gasteiger partial charge on any atom is 0.338 e. The van der Waals surface area contributed by atoms with Crippen LogP contribution in [-0.4, -0.2) is 42.0 Å². The number of rotatable bonds is 10. The number of benzene rings is 2. The Morgan fingerprint density at radius 3 is 2.30 bits per heavy atom. The van der Waals surface area contributed by atoms with E-state index in [0.29, 0.717) is 42.7 Å². The Hall–Kier alpha value is -2.86. The van der Waals surface area contributed by atoms with E-state index < -0.39 is 17.5 Å². The first-order valence-electron chi connectivity index (χ1n) is 10.1. The van der Waals surface area contributed by atoms with Crippen molar-refractivity contribution in [2.24, 2.45) is 0 Å². The molecule has 0 amide bonds. The number of aliphatic hydroxyl groups is 1. The van der Waals surface area contributed by atoms with Crippen LogP contribution in [0, 0.1) is 0 Å². The second-order valence-corrected chi connectivity index (χ2v) is 7.93. The number of aliphatic hydroxyl groups excluding tert-OH is 1. The molecule has 0 spiro atoms. The van der Waals surface area contributed by atoms with Gasteiger partial charge < -0.3 is 19.3 Å². The van der Waals surface area contributed by atoms with Crippen molar-refractivity contribution in [2.75, 3.05) is 13.2 Å². The van der Waals surface area contributed by atoms with Crippen molar-refractivity contribution in [3.05, 3.63) is 65.7 Å². The van der Waals surface area contributed by atoms with E-state index in [1.165, 1.54) is 0 Å². The van der Waals surface area contributed by atoms with E-state index in [-0.39, 0.29) is 12.7 Å². The first-order chi connectivity index (χ1) is 14.3. The summed E-state index contributed by atoms with van der Waals surface area (Å²) in [6, 6.07) is 15.6. The van der Waals surface area contributed by atoms with Gasteiger partial charge in [-0.25, -0.2) is 9.59 Å². The monoisotopic (exact) mass is 414 g/mol. The minimum absolute atomic E-state index is 0.0640. The zero-order valence-electron chi connectivity index (χ0n) is 17.8. The molecule has 0 aliphatic rings. The summed E-state index contributed by atoms with van der Waals surface area (Å²) in [6.07, 6.45) is 1.17. The third-order valence-corrected chi connectivity index (χ3v) is 4.14. The van der Waals surface area contributed by atoms with Crippen LogP contribution < -0.4 is 4.74 Å². The van der Waals surface area contributed by atoms with E-state index in [1.54, 1.807) is 48.5 Å². The van der Waals surface area contributed by atoms with Crippen LogP contribution in [0.4, 0.5) is 0 Å². The molecule has 162 valence electrons. The molecular weight excluding hydrogens is 384 g/mol. The van der Waals surface area contributed by atoms with Crippen molar-refractivity contribution in [2.45, 2.75) is 51.7 Å². The molecule has 0 aliphatic heterocycles. The number of hydrogen-bond donors (Lipinski definition) is 1. The lowest BCUT2D eigenvalue weighted by atomic mass is 10.1. The van der Waals surface area contributed by atoms with E-state index in [9.17, 15) is 14.7 Å². The summed E-state index contributed by atoms with van der Waals surface area (Å²) in [5.41, 5.74) is 0.348. The summed E-state index contributed by atoms with van der Waals surface area (Å²) < 4.78 is 16.6. The molecule has 0 saturated heterocycles. The van der Waals surface area contributed by atoms with Gasteiger partial charge in [0.25, 0.3) is 0 Å². The molecule has 1 atom stereocenters. The average molecular weight is 414 g/mol. The molecule has 2 rings (SSSR count). The largest absolute Gasteiger partial charge is 0.494 e. The summed E-state index contributed by atoms with van der Waals surface area (Å²) in [6.45, 7) is 5.78. The quantitative estimate of drug-likeness (QED) is 0.458. The molecule has 2 aromatic carbocycles. The van der Waals surface area contributed by atoms with Crippen LogP contribution in [0.15, 0.2) is 54.6 Å². The van der Waals surface area contributed by atoms with Gasteiger partial charge in [-0.3, -0.25) is 0 Å². The van der Waals surface area contributed by atoms with E-state index in [2.05, 4.69) is 0 Å². The second kappa shape index (κ2) is 11.4. The molecule has 0 aromatic heterocycles. The SMILES string of the molecule is CC(C)(C)OC(=O)c1cccc(OCCCC(CCO)OC(=O)c2ccccc2)c1. The van der Waals surface area contributed by atoms with Crippen LogP contribution in [0.2, 0.25) is 0 Å². The average Bonchev–Trinajstić information content (AvgIpc) is 2.71. The number of hydrogen-bond acceptors (Lipinski definition) is 6. The topological polar surface area (TPSA) is 82.1 Å². The van der Waals surface area contributed by atoms with E-state index in [1.807, 2.05) is 26.8 Å². The summed E-state index contributed by atoms with van der Waals surface area (Å²) >= 11 is 0. The summed E-state index contributed by atoms with van der Waals surface area (Å²) in [5.74, 6) is -0.234. The van der Waals surface area contributed by atoms with Gasteiger partial charge in [-0.15, -0.1) is 0 Å². The van der Waals surface area contributed by atoms with Gasteiger partial charge in [-0.1, -0.05) is 24.3 Å². The van der Waals surface area contributed by atoms with Crippen LogP contribution in [0.1, 0.15) is 60.7 Å². The Morgan fingerprint density at radius 2 is 1.63 bits per heavy atom. The first-order valence-corrected chi connectivity index (χ1v) is 10.1. The number of carbonyl (C=O) groups excluding carboxylic acids is 2. The Kier molecular flexibility index (Phi) is 8.87. The molecule has 2 aromatic rings. The molecule has 1 unspecified atom stereocenters. The Morgan fingerprint density at radius 1 is 0.933 bits per heavy atom. The molecule has 0 bridgehead atoms. The summed E-state index contributed by atoms with van der Waals surface area (Å²) in [7, 11) is 0. The van der Waals surface area contributed by atoms with Gasteiger partial charge in [0.15, 0.2) is 0 Å². The van der Waals surface area contributed by atoms with Crippen molar-refractivity contribution in [3.63, 3.8) is 0 Å². The van der Waals surface area contributed by atoms with Gasteiger partial charge in [-0.2, -0.15) is 0 Å². The highest BCUT2D eigenvalue weighted by Crippen LogP contribution is 2.18. The standard InChI is InChI=1S/C24H30O6/c1-24(2,3)30-23(27)19-11-7-12-21(17-19)28-16-8-13-20(14-15-25)29-22(26)18-9-5-4-6-10-18/h4-7,9-12,17,20,25H,8,13-16H2,1-3H3. The third-order valence-electron chi connectivity index (χ3n) is 4.14. The Balaban J connectivity index is 1.83. The smallest absolute Gasteiger partial charge is 0.338 e. The minimum Gasteiger partial charge on any atom is -0.494 e. The van der Waals surface area contributed by atoms with E-state index in [0.717, 1.165) is 0 Å². The lowest BCUT2D eigenvalue weighted by Gasteiger charge is -2.19. The van der Waals surface area contributed by atoms with Crippen molar-refractivity contribution in [1.29, 1.82) is 0 Å². The lowest BCUT2D eigenvalue weighted by Crippen LogP contribution is -2.23. The maximum absolute atomic E-state index is 12.2. The molecular formula is C24H30O6. The van der Waals surface area contributed by atoms with Crippen LogP contribution in [0.25, 0.3) is 0 Å². The fraction of sp³-hybridized carbons (Fsp3) is 0.417. The Bertz CT molecular complexity index is 810. The van der Waals surface area contributed by atoms with Crippen molar-refractivity contribution in [1.82, 2.24) is 0 Å². The van der Waals surface area contributed by atoms with Crippen molar-refractivity contribution >= 4 is 11.9 Å². The van der Waals surface area contributed by atoms with Crippen LogP contribution in [-0.2, 0) is 9.47 Å². The fourth-order valence-corrected chi connectivity index (χ4v) is 2.75. The van der Waals surface area contributed by atoms with Gasteiger partial charge in [-0.05, 0) is 63.9 Å². The van der Waals surface area contributed by atoms with E-state index in [4.69, 9.17) is 14.2 Å². The third kappa shape index (κ3) is 8.25. The summed E-state index contributed by atoms with van der Waals surface area (Å²) in [5, 5.41) is 9.25. The Labute approximate surface area is 177 Å². The van der Waals surface area contributed by atoms with Gasteiger partial charge in [0.2, 0.25) is 0 Å². The molecule has 0 aliphatic carbocycles. The lowest BCUT2D eigenvalue weighted by molar-refractivity contribution is 0.00685. The van der Waals surface area contributed by atoms with Crippen LogP contribution >= 0.6 is 0 Å². The minimum atomic E-state index is -0.563. The number of ether oxygens (including phenoxy) is 3. The molecule has 1 N–H and O–H groups in total. The van der Waals surface area contributed by atoms with Gasteiger partial charge >= 0.3 is 11.9 Å². The van der Waals surface area contributed by atoms with Crippen LogP contribution in [0.5, 0.6) is 5.75 Å². The highest BCUT2D eigenvalue weighted by Gasteiger charge is 2.18. The maximum atomic E-state index is 12.2. The van der Waals surface area contributed by atoms with Gasteiger partial charge in [0.05, 0.1) is 17.7 Å². The summed E-state index contributed by atoms with van der Waals surface area (Å²) in [4.78, 5) is 24.4. The normalized spacial score (nSPS) is 12.1. The van der Waals surface area contributed by atoms with E-state index >= 15 is 0 Å². The number of carbonyl (C=O) groups is 2. The van der Waals surface area contributed by atoms with Crippen molar-refractivity contribution < 1.29 is 28.9 Å². The highest BCUT2D eigenvalue weighted by molar-refractivity contribution is 5.90. The zero-order chi connectivity index (χ0) is 22.0. The molecule has 0 fully saturated rings. The van der Waals surface area contributed by atoms with Crippen molar-refractivity contribution in [3.8, 4) is 5.75 Å². The first kappa shape index (κ1) is 23.4. The second-order valence-electron chi connectivity index (χ2n) is 7.93. The van der Waals surface area contributed by atoms with Crippen LogP contribution in [0.3, 0.4) is 0 Å². The highest BCUT2D eigenvalue weighted by atomic mass is 16.6. The fourth-order valence-electron chi connectivity index (χ4n) is 2.75. The number of esters is 2. The molecule has 0 radical (unpaired) electrons. The molecule has 6 heteroatoms. The predicted octanol–water partition coefficient (Wildman–Crippen LogP) is 4.41.